The summed E-state index contributed by atoms with van der Waals surface area (Å²) >= 11 is 0. The summed E-state index contributed by atoms with van der Waals surface area (Å²) in [5.41, 5.74) is 18.8. The molecule has 1 heterocycles. The lowest BCUT2D eigenvalue weighted by atomic mass is 9.80. The molecular weight excluding hydrogens is 622 g/mol. The first-order chi connectivity index (χ1) is 23.4. The standard InChI is InChI=1S/C34H30F2N8O4/c35-26-12-15-29(36)25(18-26)20-39-33(46)34(19-23-6-1-2-7-24(23)21-40-43-37)31(28-8-3-4-9-30(28)42-44-38)48-32(41-34)22-10-13-27(14-11-22)47-17-5-16-45/h1-4,6-15,18,31,45H,5,16-17,19-21H2,(H,39,46)/t31-,34-/m1/s1. The molecule has 4 aromatic rings. The Kier molecular flexibility index (Phi) is 10.8. The Morgan fingerprint density at radius 1 is 0.979 bits per heavy atom. The van der Waals surface area contributed by atoms with Crippen LogP contribution < -0.4 is 10.1 Å². The molecule has 0 aliphatic carbocycles. The highest BCUT2D eigenvalue weighted by Gasteiger charge is 2.54. The Hall–Kier alpha value is -5.94. The van der Waals surface area contributed by atoms with Crippen molar-refractivity contribution in [3.05, 3.63) is 151 Å². The number of azide groups is 2. The van der Waals surface area contributed by atoms with Crippen molar-refractivity contribution in [3.63, 3.8) is 0 Å². The second kappa shape index (κ2) is 15.6. The lowest BCUT2D eigenvalue weighted by Crippen LogP contribution is -2.50. The third kappa shape index (κ3) is 7.54. The van der Waals surface area contributed by atoms with Gasteiger partial charge in [0.2, 0.25) is 5.90 Å². The van der Waals surface area contributed by atoms with Crippen LogP contribution in [0.15, 0.2) is 106 Å². The van der Waals surface area contributed by atoms with Crippen LogP contribution in [-0.2, 0) is 29.0 Å². The molecule has 0 saturated carbocycles. The van der Waals surface area contributed by atoms with Gasteiger partial charge in [-0.2, -0.15) is 0 Å². The van der Waals surface area contributed by atoms with E-state index in [4.69, 9.17) is 25.1 Å². The Balaban J connectivity index is 1.65. The highest BCUT2D eigenvalue weighted by molar-refractivity contribution is 6.01. The van der Waals surface area contributed by atoms with E-state index < -0.39 is 29.2 Å². The minimum Gasteiger partial charge on any atom is -0.494 e. The summed E-state index contributed by atoms with van der Waals surface area (Å²) in [4.78, 5) is 25.3. The lowest BCUT2D eigenvalue weighted by Gasteiger charge is -2.32. The van der Waals surface area contributed by atoms with Gasteiger partial charge in [-0.25, -0.2) is 13.8 Å². The fourth-order valence-electron chi connectivity index (χ4n) is 5.40. The minimum absolute atomic E-state index is 0.00593. The molecular formula is C34H30F2N8O4. The van der Waals surface area contributed by atoms with E-state index in [1.807, 2.05) is 0 Å². The van der Waals surface area contributed by atoms with E-state index in [2.05, 4.69) is 25.4 Å². The maximum absolute atomic E-state index is 14.6. The third-order valence-electron chi connectivity index (χ3n) is 7.73. The summed E-state index contributed by atoms with van der Waals surface area (Å²) in [5, 5.41) is 19.3. The smallest absolute Gasteiger partial charge is 0.252 e. The molecule has 0 bridgehead atoms. The SMILES string of the molecule is [N-]=[N+]=NCc1ccccc1C[C@@]1(C(=O)NCc2cc(F)ccc2F)N=C(c2ccc(OCCCO)cc2)O[C@@H]1c1ccccc1N=[N+]=[N-]. The maximum Gasteiger partial charge on any atom is 0.252 e. The van der Waals surface area contributed by atoms with Crippen molar-refractivity contribution in [2.45, 2.75) is 37.6 Å². The largest absolute Gasteiger partial charge is 0.494 e. The minimum atomic E-state index is -1.79. The molecule has 12 nitrogen and oxygen atoms in total. The predicted octanol–water partition coefficient (Wildman–Crippen LogP) is 7.29. The number of halogens is 2. The average molecular weight is 653 g/mol. The summed E-state index contributed by atoms with van der Waals surface area (Å²) in [6, 6.07) is 23.4. The molecule has 0 unspecified atom stereocenters. The van der Waals surface area contributed by atoms with E-state index >= 15 is 0 Å². The molecule has 14 heteroatoms. The number of ether oxygens (including phenoxy) is 2. The molecule has 48 heavy (non-hydrogen) atoms. The van der Waals surface area contributed by atoms with Crippen LogP contribution in [0.4, 0.5) is 14.5 Å². The average Bonchev–Trinajstić information content (AvgIpc) is 3.49. The topological polar surface area (TPSA) is 178 Å². The molecule has 4 aromatic carbocycles. The Morgan fingerprint density at radius 2 is 1.73 bits per heavy atom. The van der Waals surface area contributed by atoms with Gasteiger partial charge in [0.15, 0.2) is 11.6 Å². The number of hydrogen-bond acceptors (Lipinski definition) is 7. The van der Waals surface area contributed by atoms with E-state index in [9.17, 15) is 19.1 Å². The van der Waals surface area contributed by atoms with Gasteiger partial charge < -0.3 is 19.9 Å². The number of nitrogens with one attached hydrogen (secondary N) is 1. The molecule has 0 spiro atoms. The number of rotatable bonds is 14. The number of aliphatic imine (C=N–C) groups is 1. The molecule has 5 rings (SSSR count). The molecule has 0 fully saturated rings. The number of carbonyl (C=O) groups is 1. The first-order valence-corrected chi connectivity index (χ1v) is 14.9. The van der Waals surface area contributed by atoms with Crippen molar-refractivity contribution in [1.29, 1.82) is 0 Å². The number of benzene rings is 4. The highest BCUT2D eigenvalue weighted by atomic mass is 19.1. The van der Waals surface area contributed by atoms with Crippen LogP contribution in [0.2, 0.25) is 0 Å². The van der Waals surface area contributed by atoms with E-state index in [1.165, 1.54) is 0 Å². The molecule has 244 valence electrons. The van der Waals surface area contributed by atoms with E-state index in [-0.39, 0.29) is 43.3 Å². The van der Waals surface area contributed by atoms with Crippen molar-refractivity contribution in [3.8, 4) is 5.75 Å². The molecule has 0 radical (unpaired) electrons. The van der Waals surface area contributed by atoms with Crippen molar-refractivity contribution in [1.82, 2.24) is 5.32 Å². The quantitative estimate of drug-likeness (QED) is 0.0629. The number of amides is 1. The highest BCUT2D eigenvalue weighted by Crippen LogP contribution is 2.45. The van der Waals surface area contributed by atoms with Gasteiger partial charge in [-0.15, -0.1) is 0 Å². The van der Waals surface area contributed by atoms with Crippen molar-refractivity contribution in [2.24, 2.45) is 15.2 Å². The summed E-state index contributed by atoms with van der Waals surface area (Å²) in [6.45, 7) is -0.0620. The fraction of sp³-hybridized carbons (Fsp3) is 0.235. The van der Waals surface area contributed by atoms with E-state index in [1.54, 1.807) is 72.8 Å². The molecule has 0 aromatic heterocycles. The van der Waals surface area contributed by atoms with Crippen LogP contribution in [0.3, 0.4) is 0 Å². The van der Waals surface area contributed by atoms with Crippen LogP contribution in [0.5, 0.6) is 5.75 Å². The van der Waals surface area contributed by atoms with Crippen LogP contribution >= 0.6 is 0 Å². The Morgan fingerprint density at radius 3 is 2.48 bits per heavy atom. The van der Waals surface area contributed by atoms with Crippen molar-refractivity contribution < 1.29 is 28.2 Å². The van der Waals surface area contributed by atoms with Gasteiger partial charge in [0.05, 0.1) is 13.2 Å². The van der Waals surface area contributed by atoms with Crippen molar-refractivity contribution >= 4 is 17.5 Å². The first kappa shape index (κ1) is 33.4. The van der Waals surface area contributed by atoms with Crippen LogP contribution in [0.25, 0.3) is 20.9 Å². The number of aliphatic hydroxyl groups excluding tert-OH is 1. The number of carbonyl (C=O) groups excluding carboxylic acids is 1. The molecule has 2 atom stereocenters. The molecule has 1 aliphatic heterocycles. The summed E-state index contributed by atoms with van der Waals surface area (Å²) in [5.74, 6) is -1.41. The molecule has 1 aliphatic rings. The van der Waals surface area contributed by atoms with Crippen LogP contribution in [0.1, 0.15) is 40.3 Å². The third-order valence-corrected chi connectivity index (χ3v) is 7.73. The van der Waals surface area contributed by atoms with E-state index in [0.717, 1.165) is 18.2 Å². The summed E-state index contributed by atoms with van der Waals surface area (Å²) < 4.78 is 40.8. The zero-order chi connectivity index (χ0) is 33.9. The Labute approximate surface area is 273 Å². The maximum atomic E-state index is 14.6. The van der Waals surface area contributed by atoms with Gasteiger partial charge in [0, 0.05) is 58.2 Å². The van der Waals surface area contributed by atoms with Crippen LogP contribution in [-0.4, -0.2) is 35.7 Å². The fourth-order valence-corrected chi connectivity index (χ4v) is 5.40. The van der Waals surface area contributed by atoms with Crippen molar-refractivity contribution in [2.75, 3.05) is 13.2 Å². The lowest BCUT2D eigenvalue weighted by molar-refractivity contribution is -0.129. The zero-order valence-corrected chi connectivity index (χ0v) is 25.5. The normalized spacial score (nSPS) is 16.6. The number of nitrogens with zero attached hydrogens (tertiary/aromatic N) is 7. The molecule has 2 N–H and O–H groups in total. The second-order valence-electron chi connectivity index (χ2n) is 10.8. The van der Waals surface area contributed by atoms with Gasteiger partial charge in [-0.3, -0.25) is 4.79 Å². The summed E-state index contributed by atoms with van der Waals surface area (Å²) in [7, 11) is 0. The van der Waals surface area contributed by atoms with Gasteiger partial charge in [0.25, 0.3) is 5.91 Å². The van der Waals surface area contributed by atoms with E-state index in [0.29, 0.717) is 41.0 Å². The monoisotopic (exact) mass is 652 g/mol. The van der Waals surface area contributed by atoms with Gasteiger partial charge >= 0.3 is 0 Å². The molecule has 1 amide bonds. The van der Waals surface area contributed by atoms with Gasteiger partial charge in [0.1, 0.15) is 17.4 Å². The van der Waals surface area contributed by atoms with Gasteiger partial charge in [-0.05, 0) is 64.7 Å². The van der Waals surface area contributed by atoms with Gasteiger partial charge in [-0.1, -0.05) is 58.8 Å². The second-order valence-corrected chi connectivity index (χ2v) is 10.8. The molecule has 0 saturated heterocycles. The summed E-state index contributed by atoms with van der Waals surface area (Å²) in [6.07, 6.45) is -0.787. The van der Waals surface area contributed by atoms with Crippen LogP contribution in [0, 0.1) is 11.6 Å². The predicted molar refractivity (Wildman–Crippen MR) is 173 cm³/mol. The first-order valence-electron chi connectivity index (χ1n) is 14.9. The Bertz CT molecular complexity index is 1910. The zero-order valence-electron chi connectivity index (χ0n) is 25.5. The number of aliphatic hydroxyl groups is 1. The number of hydrogen-bond donors (Lipinski definition) is 2.